The van der Waals surface area contributed by atoms with Gasteiger partial charge in [0.2, 0.25) is 0 Å². The van der Waals surface area contributed by atoms with Crippen molar-refractivity contribution in [3.8, 4) is 0 Å². The van der Waals surface area contributed by atoms with E-state index >= 15 is 0 Å². The van der Waals surface area contributed by atoms with Gasteiger partial charge < -0.3 is 0 Å². The number of hydrogen-bond donors (Lipinski definition) is 0. The Hall–Kier alpha value is -1.15. The van der Waals surface area contributed by atoms with E-state index in [4.69, 9.17) is 0 Å². The van der Waals surface area contributed by atoms with Gasteiger partial charge in [0.05, 0.1) is 12.9 Å². The molecule has 7 nitrogen and oxygen atoms in total. The van der Waals surface area contributed by atoms with Gasteiger partial charge in [-0.25, -0.2) is 0 Å². The smallest absolute Gasteiger partial charge is 0.264 e. The lowest BCUT2D eigenvalue weighted by Gasteiger charge is -1.98. The van der Waals surface area contributed by atoms with E-state index in [9.17, 15) is 8.42 Å². The highest BCUT2D eigenvalue weighted by atomic mass is 32.2. The van der Waals surface area contributed by atoms with Gasteiger partial charge in [0, 0.05) is 6.42 Å². The highest BCUT2D eigenvalue weighted by molar-refractivity contribution is 7.85. The Balaban J connectivity index is 2.43. The molecule has 0 aliphatic carbocycles. The first-order valence-electron chi connectivity index (χ1n) is 3.84. The summed E-state index contributed by atoms with van der Waals surface area (Å²) in [6.07, 6.45) is 1.26. The first-order chi connectivity index (χ1) is 6.47. The van der Waals surface area contributed by atoms with Crippen LogP contribution in [-0.4, -0.2) is 41.7 Å². The fourth-order valence-corrected chi connectivity index (χ4v) is 1.07. The Labute approximate surface area is 81.7 Å². The summed E-state index contributed by atoms with van der Waals surface area (Å²) in [6, 6.07) is 0. The van der Waals surface area contributed by atoms with Crippen LogP contribution >= 0.6 is 0 Å². The molecular weight excluding hydrogens is 208 g/mol. The van der Waals surface area contributed by atoms with E-state index in [1.807, 2.05) is 0 Å². The topological polar surface area (TPSA) is 94.9 Å². The van der Waals surface area contributed by atoms with Crippen molar-refractivity contribution in [2.45, 2.75) is 13.3 Å². The first kappa shape index (κ1) is 10.9. The van der Waals surface area contributed by atoms with Gasteiger partial charge in [-0.3, -0.25) is 4.18 Å². The molecule has 14 heavy (non-hydrogen) atoms. The lowest BCUT2D eigenvalue weighted by Crippen LogP contribution is -2.10. The Kier molecular flexibility index (Phi) is 3.42. The number of aromatic nitrogens is 4. The molecule has 0 atom stereocenters. The van der Waals surface area contributed by atoms with Crippen molar-refractivity contribution in [2.75, 3.05) is 12.9 Å². The molecule has 0 radical (unpaired) electrons. The predicted octanol–water partition coefficient (Wildman–Crippen LogP) is -0.906. The fraction of sp³-hybridized carbons (Fsp3) is 0.667. The Morgan fingerprint density at radius 3 is 2.29 bits per heavy atom. The van der Waals surface area contributed by atoms with Crippen LogP contribution in [0.25, 0.3) is 0 Å². The molecule has 0 spiro atoms. The summed E-state index contributed by atoms with van der Waals surface area (Å²) in [5.74, 6) is 0.831. The number of hydrogen-bond acceptors (Lipinski definition) is 7. The molecule has 8 heteroatoms. The van der Waals surface area contributed by atoms with E-state index in [2.05, 4.69) is 24.6 Å². The normalized spacial score (nSPS) is 11.6. The number of nitrogens with zero attached hydrogens (tertiary/aromatic N) is 4. The molecule has 0 saturated heterocycles. The van der Waals surface area contributed by atoms with E-state index < -0.39 is 10.1 Å². The molecule has 0 fully saturated rings. The predicted molar refractivity (Wildman–Crippen MR) is 46.9 cm³/mol. The molecule has 0 N–H and O–H groups in total. The van der Waals surface area contributed by atoms with Crippen molar-refractivity contribution in [3.05, 3.63) is 11.6 Å². The molecule has 1 rings (SSSR count). The molecule has 0 amide bonds. The van der Waals surface area contributed by atoms with Crippen LogP contribution in [0.1, 0.15) is 11.6 Å². The van der Waals surface area contributed by atoms with Crippen LogP contribution in [0.15, 0.2) is 0 Å². The van der Waals surface area contributed by atoms with Crippen molar-refractivity contribution in [1.29, 1.82) is 0 Å². The average molecular weight is 218 g/mol. The lowest BCUT2D eigenvalue weighted by molar-refractivity contribution is 0.321. The van der Waals surface area contributed by atoms with E-state index in [1.165, 1.54) is 0 Å². The Morgan fingerprint density at radius 2 is 1.79 bits per heavy atom. The summed E-state index contributed by atoms with van der Waals surface area (Å²) in [6.45, 7) is 1.67. The van der Waals surface area contributed by atoms with Crippen molar-refractivity contribution in [1.82, 2.24) is 20.4 Å². The molecule has 0 saturated carbocycles. The van der Waals surface area contributed by atoms with Crippen LogP contribution < -0.4 is 0 Å². The monoisotopic (exact) mass is 218 g/mol. The van der Waals surface area contributed by atoms with E-state index in [0.29, 0.717) is 11.6 Å². The van der Waals surface area contributed by atoms with Crippen molar-refractivity contribution in [3.63, 3.8) is 0 Å². The zero-order valence-electron chi connectivity index (χ0n) is 7.84. The van der Waals surface area contributed by atoms with Crippen LogP contribution in [0.3, 0.4) is 0 Å². The Morgan fingerprint density at radius 1 is 1.21 bits per heavy atom. The molecule has 0 unspecified atom stereocenters. The van der Waals surface area contributed by atoms with Gasteiger partial charge in [0.25, 0.3) is 10.1 Å². The Bertz CT molecular complexity index is 388. The number of aryl methyl sites for hydroxylation is 1. The summed E-state index contributed by atoms with van der Waals surface area (Å²) in [5.41, 5.74) is 0. The second kappa shape index (κ2) is 4.38. The summed E-state index contributed by atoms with van der Waals surface area (Å²) in [7, 11) is -3.40. The van der Waals surface area contributed by atoms with Gasteiger partial charge in [-0.1, -0.05) is 0 Å². The third kappa shape index (κ3) is 4.19. The summed E-state index contributed by atoms with van der Waals surface area (Å²) >= 11 is 0. The average Bonchev–Trinajstić information content (AvgIpc) is 2.06. The van der Waals surface area contributed by atoms with E-state index in [1.54, 1.807) is 6.92 Å². The fourth-order valence-electron chi connectivity index (χ4n) is 0.684. The highest BCUT2D eigenvalue weighted by Gasteiger charge is 2.03. The van der Waals surface area contributed by atoms with Gasteiger partial charge in [-0.2, -0.15) is 8.42 Å². The standard InChI is InChI=1S/C6H10N4O3S/c1-5-7-9-6(10-8-5)3-4-13-14(2,11)12/h3-4H2,1-2H3. The molecule has 0 bridgehead atoms. The minimum absolute atomic E-state index is 0.00521. The molecule has 0 aliphatic rings. The molecule has 1 aromatic heterocycles. The molecule has 0 aromatic carbocycles. The second-order valence-corrected chi connectivity index (χ2v) is 4.28. The van der Waals surface area contributed by atoms with Crippen molar-refractivity contribution in [2.24, 2.45) is 0 Å². The number of rotatable bonds is 4. The second-order valence-electron chi connectivity index (χ2n) is 2.64. The molecule has 78 valence electrons. The third-order valence-corrected chi connectivity index (χ3v) is 1.84. The quantitative estimate of drug-likeness (QED) is 0.604. The van der Waals surface area contributed by atoms with Crippen LogP contribution in [-0.2, 0) is 20.7 Å². The van der Waals surface area contributed by atoms with Gasteiger partial charge in [-0.15, -0.1) is 20.4 Å². The van der Waals surface area contributed by atoms with E-state index in [-0.39, 0.29) is 13.0 Å². The maximum absolute atomic E-state index is 10.6. The van der Waals surface area contributed by atoms with Crippen molar-refractivity contribution >= 4 is 10.1 Å². The minimum atomic E-state index is -3.40. The van der Waals surface area contributed by atoms with Gasteiger partial charge in [-0.05, 0) is 6.92 Å². The van der Waals surface area contributed by atoms with Crippen LogP contribution in [0.4, 0.5) is 0 Å². The summed E-state index contributed by atoms with van der Waals surface area (Å²) < 4.78 is 25.7. The van der Waals surface area contributed by atoms with Crippen molar-refractivity contribution < 1.29 is 12.6 Å². The summed E-state index contributed by atoms with van der Waals surface area (Å²) in [5, 5.41) is 14.7. The zero-order valence-corrected chi connectivity index (χ0v) is 8.65. The zero-order chi connectivity index (χ0) is 10.6. The molecule has 0 aliphatic heterocycles. The van der Waals surface area contributed by atoms with Gasteiger partial charge >= 0.3 is 0 Å². The summed E-state index contributed by atoms with van der Waals surface area (Å²) in [4.78, 5) is 0. The molecule has 1 heterocycles. The highest BCUT2D eigenvalue weighted by Crippen LogP contribution is 1.92. The van der Waals surface area contributed by atoms with Gasteiger partial charge in [0.1, 0.15) is 0 Å². The third-order valence-electron chi connectivity index (χ3n) is 1.24. The maximum Gasteiger partial charge on any atom is 0.264 e. The van der Waals surface area contributed by atoms with E-state index in [0.717, 1.165) is 6.26 Å². The SMILES string of the molecule is Cc1nnc(CCOS(C)(=O)=O)nn1. The first-order valence-corrected chi connectivity index (χ1v) is 5.66. The van der Waals surface area contributed by atoms with Crippen LogP contribution in [0.5, 0.6) is 0 Å². The van der Waals surface area contributed by atoms with Gasteiger partial charge in [0.15, 0.2) is 11.6 Å². The molecular formula is C6H10N4O3S. The lowest BCUT2D eigenvalue weighted by atomic mass is 10.4. The largest absolute Gasteiger partial charge is 0.270 e. The maximum atomic E-state index is 10.6. The van der Waals surface area contributed by atoms with Crippen LogP contribution in [0, 0.1) is 6.92 Å². The minimum Gasteiger partial charge on any atom is -0.270 e. The van der Waals surface area contributed by atoms with Crippen LogP contribution in [0.2, 0.25) is 0 Å². The molecule has 1 aromatic rings.